The molecule has 47 heavy (non-hydrogen) atoms. The van der Waals surface area contributed by atoms with Crippen molar-refractivity contribution in [1.29, 1.82) is 0 Å². The molecule has 0 fully saturated rings. The maximum Gasteiger partial charge on any atom is 0.264 e. The Morgan fingerprint density at radius 1 is 0.809 bits per heavy atom. The second kappa shape index (κ2) is 16.7. The number of anilines is 1. The summed E-state index contributed by atoms with van der Waals surface area (Å²) in [6.07, 6.45) is 0.212. The third-order valence-electron chi connectivity index (χ3n) is 7.34. The van der Waals surface area contributed by atoms with Gasteiger partial charge in [-0.1, -0.05) is 91.6 Å². The molecule has 0 spiro atoms. The molecule has 0 aliphatic carbocycles. The van der Waals surface area contributed by atoms with E-state index in [-0.39, 0.29) is 42.0 Å². The van der Waals surface area contributed by atoms with E-state index in [4.69, 9.17) is 27.9 Å². The van der Waals surface area contributed by atoms with E-state index in [9.17, 15) is 18.0 Å². The molecule has 0 saturated carbocycles. The lowest BCUT2D eigenvalue weighted by Crippen LogP contribution is -2.53. The molecule has 1 unspecified atom stereocenters. The van der Waals surface area contributed by atoms with Crippen LogP contribution in [0.15, 0.2) is 108 Å². The number of carbonyl (C=O) groups is 2. The first-order chi connectivity index (χ1) is 22.5. The maximum atomic E-state index is 14.6. The Kier molecular flexibility index (Phi) is 12.7. The van der Waals surface area contributed by atoms with Gasteiger partial charge in [0.2, 0.25) is 11.8 Å². The predicted octanol–water partition coefficient (Wildman–Crippen LogP) is 7.00. The highest BCUT2D eigenvalue weighted by molar-refractivity contribution is 7.92. The van der Waals surface area contributed by atoms with Crippen molar-refractivity contribution >= 4 is 50.7 Å². The van der Waals surface area contributed by atoms with E-state index in [1.54, 1.807) is 55.5 Å². The number of halogens is 2. The Hall–Kier alpha value is -4.05. The molecule has 0 saturated heterocycles. The minimum Gasteiger partial charge on any atom is -0.492 e. The fourth-order valence-corrected chi connectivity index (χ4v) is 6.63. The van der Waals surface area contributed by atoms with Crippen LogP contribution in [0.3, 0.4) is 0 Å². The van der Waals surface area contributed by atoms with Crippen molar-refractivity contribution in [2.45, 2.75) is 44.7 Å². The molecule has 2 amide bonds. The van der Waals surface area contributed by atoms with Crippen LogP contribution in [0.1, 0.15) is 31.9 Å². The minimum absolute atomic E-state index is 0.0323. The summed E-state index contributed by atoms with van der Waals surface area (Å²) in [5.41, 5.74) is 1.76. The Morgan fingerprint density at radius 3 is 2.02 bits per heavy atom. The average Bonchev–Trinajstić information content (AvgIpc) is 3.06. The van der Waals surface area contributed by atoms with Crippen molar-refractivity contribution in [2.24, 2.45) is 5.92 Å². The van der Waals surface area contributed by atoms with Gasteiger partial charge in [0.25, 0.3) is 10.0 Å². The number of hydrogen-bond donors (Lipinski definition) is 1. The molecule has 0 aliphatic heterocycles. The Bertz CT molecular complexity index is 1730. The topological polar surface area (TPSA) is 96.0 Å². The van der Waals surface area contributed by atoms with Crippen LogP contribution >= 0.6 is 23.2 Å². The number of nitrogens with one attached hydrogen (secondary N) is 1. The van der Waals surface area contributed by atoms with Gasteiger partial charge in [-0.25, -0.2) is 8.42 Å². The molecule has 4 rings (SSSR count). The van der Waals surface area contributed by atoms with Gasteiger partial charge >= 0.3 is 0 Å². The Morgan fingerprint density at radius 2 is 1.40 bits per heavy atom. The van der Waals surface area contributed by atoms with Gasteiger partial charge in [-0.3, -0.25) is 13.9 Å². The molecule has 0 aromatic heterocycles. The molecule has 8 nitrogen and oxygen atoms in total. The second-order valence-corrected chi connectivity index (χ2v) is 14.1. The van der Waals surface area contributed by atoms with Crippen LogP contribution < -0.4 is 14.4 Å². The zero-order valence-corrected chi connectivity index (χ0v) is 28.9. The van der Waals surface area contributed by atoms with Crippen LogP contribution in [0.5, 0.6) is 5.75 Å². The third kappa shape index (κ3) is 9.73. The number of amides is 2. The summed E-state index contributed by atoms with van der Waals surface area (Å²) in [5.74, 6) is -0.456. The summed E-state index contributed by atoms with van der Waals surface area (Å²) in [6, 6.07) is 27.8. The lowest BCUT2D eigenvalue weighted by molar-refractivity contribution is -0.140. The van der Waals surface area contributed by atoms with E-state index in [0.717, 1.165) is 15.4 Å². The number of carbonyl (C=O) groups excluding carboxylic acids is 2. The van der Waals surface area contributed by atoms with Gasteiger partial charge in [-0.05, 0) is 72.5 Å². The smallest absolute Gasteiger partial charge is 0.264 e. The van der Waals surface area contributed by atoms with E-state index < -0.39 is 28.5 Å². The maximum absolute atomic E-state index is 14.6. The Balaban J connectivity index is 1.83. The first kappa shape index (κ1) is 35.8. The number of nitrogens with zero attached hydrogens (tertiary/aromatic N) is 2. The molecule has 4 aromatic carbocycles. The summed E-state index contributed by atoms with van der Waals surface area (Å²) in [4.78, 5) is 29.9. The summed E-state index contributed by atoms with van der Waals surface area (Å²) in [6.45, 7) is 5.87. The lowest BCUT2D eigenvalue weighted by Gasteiger charge is -2.34. The molecule has 11 heteroatoms. The standard InChI is InChI=1S/C36H39Cl2N3O5S/c1-4-46-34-13-9-8-12-32(34)41(47(44,45)31-20-18-30(38)19-21-31)25-35(42)40(24-28-14-16-29(37)17-15-28)33(36(43)39-23-26(2)3)22-27-10-6-5-7-11-27/h5-21,26,33H,4,22-25H2,1-3H3,(H,39,43). The summed E-state index contributed by atoms with van der Waals surface area (Å²) in [5, 5.41) is 3.88. The molecule has 4 aromatic rings. The average molecular weight is 697 g/mol. The predicted molar refractivity (Wildman–Crippen MR) is 187 cm³/mol. The zero-order valence-electron chi connectivity index (χ0n) is 26.6. The van der Waals surface area contributed by atoms with Crippen molar-refractivity contribution < 1.29 is 22.7 Å². The first-order valence-electron chi connectivity index (χ1n) is 15.3. The van der Waals surface area contributed by atoms with Crippen molar-refractivity contribution in [3.8, 4) is 5.75 Å². The fourth-order valence-electron chi connectivity index (χ4n) is 4.95. The van der Waals surface area contributed by atoms with Crippen LogP contribution in [0.2, 0.25) is 10.0 Å². The molecule has 0 aliphatic rings. The van der Waals surface area contributed by atoms with Crippen LogP contribution in [0, 0.1) is 5.92 Å². The molecule has 248 valence electrons. The van der Waals surface area contributed by atoms with Crippen molar-refractivity contribution in [3.63, 3.8) is 0 Å². The molecule has 1 atom stereocenters. The van der Waals surface area contributed by atoms with E-state index in [0.29, 0.717) is 22.3 Å². The monoisotopic (exact) mass is 695 g/mol. The van der Waals surface area contributed by atoms with Crippen molar-refractivity contribution in [3.05, 3.63) is 124 Å². The van der Waals surface area contributed by atoms with Gasteiger partial charge in [0.15, 0.2) is 0 Å². The van der Waals surface area contributed by atoms with E-state index >= 15 is 0 Å². The van der Waals surface area contributed by atoms with Gasteiger partial charge < -0.3 is 15.0 Å². The number of benzene rings is 4. The highest BCUT2D eigenvalue weighted by Crippen LogP contribution is 2.33. The first-order valence-corrected chi connectivity index (χ1v) is 17.5. The van der Waals surface area contributed by atoms with E-state index in [1.165, 1.54) is 29.2 Å². The van der Waals surface area contributed by atoms with Crippen LogP contribution in [-0.4, -0.2) is 50.9 Å². The fraction of sp³-hybridized carbons (Fsp3) is 0.278. The van der Waals surface area contributed by atoms with Gasteiger partial charge in [0.1, 0.15) is 18.3 Å². The highest BCUT2D eigenvalue weighted by Gasteiger charge is 2.35. The van der Waals surface area contributed by atoms with Gasteiger partial charge in [0, 0.05) is 29.6 Å². The van der Waals surface area contributed by atoms with Gasteiger partial charge in [-0.2, -0.15) is 0 Å². The third-order valence-corrected chi connectivity index (χ3v) is 9.61. The van der Waals surface area contributed by atoms with Crippen LogP contribution in [0.25, 0.3) is 0 Å². The molecule has 0 radical (unpaired) electrons. The van der Waals surface area contributed by atoms with Crippen LogP contribution in [-0.2, 0) is 32.6 Å². The normalized spacial score (nSPS) is 12.0. The SMILES string of the molecule is CCOc1ccccc1N(CC(=O)N(Cc1ccc(Cl)cc1)C(Cc1ccccc1)C(=O)NCC(C)C)S(=O)(=O)c1ccc(Cl)cc1. The summed E-state index contributed by atoms with van der Waals surface area (Å²) in [7, 11) is -4.32. The number of rotatable bonds is 15. The van der Waals surface area contributed by atoms with Crippen molar-refractivity contribution in [2.75, 3.05) is 24.0 Å². The van der Waals surface area contributed by atoms with Gasteiger partial charge in [-0.15, -0.1) is 0 Å². The van der Waals surface area contributed by atoms with E-state index in [1.807, 2.05) is 44.2 Å². The van der Waals surface area contributed by atoms with Crippen LogP contribution in [0.4, 0.5) is 5.69 Å². The number of sulfonamides is 1. The summed E-state index contributed by atoms with van der Waals surface area (Å²) >= 11 is 12.2. The molecular formula is C36H39Cl2N3O5S. The lowest BCUT2D eigenvalue weighted by atomic mass is 10.0. The Labute approximate surface area is 287 Å². The van der Waals surface area contributed by atoms with E-state index in [2.05, 4.69) is 5.32 Å². The molecule has 0 heterocycles. The highest BCUT2D eigenvalue weighted by atomic mass is 35.5. The largest absolute Gasteiger partial charge is 0.492 e. The quantitative estimate of drug-likeness (QED) is 0.145. The zero-order chi connectivity index (χ0) is 34.0. The second-order valence-electron chi connectivity index (χ2n) is 11.4. The number of para-hydroxylation sites is 2. The number of ether oxygens (including phenoxy) is 1. The minimum atomic E-state index is -4.32. The van der Waals surface area contributed by atoms with Crippen molar-refractivity contribution in [1.82, 2.24) is 10.2 Å². The number of hydrogen-bond acceptors (Lipinski definition) is 5. The molecular weight excluding hydrogens is 657 g/mol. The summed E-state index contributed by atoms with van der Waals surface area (Å²) < 4.78 is 35.4. The van der Waals surface area contributed by atoms with Gasteiger partial charge in [0.05, 0.1) is 17.2 Å². The molecule has 1 N–H and O–H groups in total. The molecule has 0 bridgehead atoms.